The molecular weight excluding hydrogens is 294 g/mol. The number of carbonyl (C=O) groups is 1. The molecule has 1 saturated heterocycles. The van der Waals surface area contributed by atoms with Crippen molar-refractivity contribution in [2.24, 2.45) is 10.9 Å². The predicted molar refractivity (Wildman–Crippen MR) is 77.8 cm³/mol. The smallest absolute Gasteiger partial charge is 0.269 e. The summed E-state index contributed by atoms with van der Waals surface area (Å²) in [5.41, 5.74) is 0.729. The fourth-order valence-electron chi connectivity index (χ4n) is 3.20. The van der Waals surface area contributed by atoms with Crippen molar-refractivity contribution >= 4 is 11.6 Å². The second-order valence-corrected chi connectivity index (χ2v) is 5.55. The summed E-state index contributed by atoms with van der Waals surface area (Å²) in [6.45, 7) is 1.44. The number of hydrogen-bond donors (Lipinski definition) is 0. The van der Waals surface area contributed by atoms with Crippen molar-refractivity contribution in [1.82, 2.24) is 24.6 Å². The molecular formula is C15H13N7O. The number of aromatic nitrogens is 4. The molecule has 2 atom stereocenters. The zero-order chi connectivity index (χ0) is 15.8. The first kappa shape index (κ1) is 13.6. The van der Waals surface area contributed by atoms with Gasteiger partial charge < -0.3 is 4.90 Å². The Morgan fingerprint density at radius 1 is 1.35 bits per heavy atom. The second-order valence-electron chi connectivity index (χ2n) is 5.55. The zero-order valence-electron chi connectivity index (χ0n) is 12.2. The van der Waals surface area contributed by atoms with Gasteiger partial charge in [0, 0.05) is 24.5 Å². The zero-order valence-corrected chi connectivity index (χ0v) is 12.2. The van der Waals surface area contributed by atoms with E-state index in [9.17, 15) is 10.1 Å². The lowest BCUT2D eigenvalue weighted by atomic mass is 10.0. The molecule has 8 nitrogen and oxygen atoms in total. The van der Waals surface area contributed by atoms with Gasteiger partial charge in [-0.05, 0) is 12.5 Å². The third kappa shape index (κ3) is 2.17. The Kier molecular flexibility index (Phi) is 3.12. The molecule has 0 N–H and O–H groups in total. The fourth-order valence-corrected chi connectivity index (χ4v) is 3.20. The van der Waals surface area contributed by atoms with Crippen LogP contribution in [-0.4, -0.2) is 43.6 Å². The number of nitriles is 1. The number of rotatable bonds is 2. The van der Waals surface area contributed by atoms with Crippen LogP contribution < -0.4 is 10.6 Å². The average molecular weight is 307 g/mol. The Labute approximate surface area is 131 Å². The third-order valence-electron chi connectivity index (χ3n) is 4.27. The number of carbonyl (C=O) groups excluding carboxylic acids is 1. The van der Waals surface area contributed by atoms with Gasteiger partial charge in [-0.2, -0.15) is 10.4 Å². The van der Waals surface area contributed by atoms with E-state index >= 15 is 0 Å². The van der Waals surface area contributed by atoms with Gasteiger partial charge in [0.15, 0.2) is 5.92 Å². The van der Waals surface area contributed by atoms with Crippen LogP contribution >= 0.6 is 0 Å². The minimum atomic E-state index is -0.862. The van der Waals surface area contributed by atoms with E-state index in [1.807, 2.05) is 10.7 Å². The van der Waals surface area contributed by atoms with E-state index in [2.05, 4.69) is 31.0 Å². The lowest BCUT2D eigenvalue weighted by Crippen LogP contribution is -2.43. The maximum atomic E-state index is 12.2. The van der Waals surface area contributed by atoms with Crippen LogP contribution in [0.5, 0.6) is 0 Å². The molecule has 4 rings (SSSR count). The summed E-state index contributed by atoms with van der Waals surface area (Å²) in [4.78, 5) is 26.2. The summed E-state index contributed by atoms with van der Waals surface area (Å²) in [5.74, 6) is -1.29. The third-order valence-corrected chi connectivity index (χ3v) is 4.27. The molecule has 8 heteroatoms. The molecule has 0 bridgehead atoms. The quantitative estimate of drug-likeness (QED) is 0.707. The normalized spacial score (nSPS) is 23.3. The molecule has 23 heavy (non-hydrogen) atoms. The number of pyridine rings is 1. The lowest BCUT2D eigenvalue weighted by molar-refractivity contribution is -0.119. The van der Waals surface area contributed by atoms with Crippen molar-refractivity contribution in [3.05, 3.63) is 41.7 Å². The molecule has 2 aromatic heterocycles. The minimum Gasteiger partial charge on any atom is -0.371 e. The van der Waals surface area contributed by atoms with Crippen molar-refractivity contribution in [3.8, 4) is 6.07 Å². The van der Waals surface area contributed by atoms with Gasteiger partial charge in [0.2, 0.25) is 0 Å². The maximum absolute atomic E-state index is 12.2. The highest BCUT2D eigenvalue weighted by atomic mass is 16.1. The van der Waals surface area contributed by atoms with Gasteiger partial charge in [0.1, 0.15) is 12.7 Å². The van der Waals surface area contributed by atoms with E-state index in [0.29, 0.717) is 11.9 Å². The highest BCUT2D eigenvalue weighted by molar-refractivity contribution is 5.92. The Morgan fingerprint density at radius 2 is 2.26 bits per heavy atom. The topological polar surface area (TPSA) is 100 Å². The molecule has 2 aromatic rings. The van der Waals surface area contributed by atoms with Crippen LogP contribution in [0, 0.1) is 17.2 Å². The molecule has 2 aliphatic rings. The Morgan fingerprint density at radius 3 is 3.04 bits per heavy atom. The molecule has 1 unspecified atom stereocenters. The molecule has 1 fully saturated rings. The van der Waals surface area contributed by atoms with Crippen LogP contribution in [0.3, 0.4) is 0 Å². The highest BCUT2D eigenvalue weighted by Gasteiger charge is 2.34. The molecule has 0 aliphatic carbocycles. The van der Waals surface area contributed by atoms with Crippen molar-refractivity contribution in [2.45, 2.75) is 12.5 Å². The van der Waals surface area contributed by atoms with Crippen molar-refractivity contribution < 1.29 is 4.79 Å². The largest absolute Gasteiger partial charge is 0.371 e. The number of fused-ring (bicyclic) bond motifs is 1. The summed E-state index contributed by atoms with van der Waals surface area (Å²) >= 11 is 0. The highest BCUT2D eigenvalue weighted by Crippen LogP contribution is 2.28. The second kappa shape index (κ2) is 5.28. The summed E-state index contributed by atoms with van der Waals surface area (Å²) in [6.07, 6.45) is 7.31. The summed E-state index contributed by atoms with van der Waals surface area (Å²) in [5, 5.41) is 15.0. The first-order valence-corrected chi connectivity index (χ1v) is 7.33. The maximum Gasteiger partial charge on any atom is 0.269 e. The van der Waals surface area contributed by atoms with E-state index in [-0.39, 0.29) is 6.04 Å². The van der Waals surface area contributed by atoms with Gasteiger partial charge in [0.25, 0.3) is 5.91 Å². The van der Waals surface area contributed by atoms with Crippen LogP contribution in [-0.2, 0) is 4.79 Å². The molecule has 0 aromatic carbocycles. The number of nitrogens with zero attached hydrogens (tertiary/aromatic N) is 7. The van der Waals surface area contributed by atoms with Crippen molar-refractivity contribution in [2.75, 3.05) is 13.1 Å². The Balaban J connectivity index is 1.79. The molecule has 0 spiro atoms. The van der Waals surface area contributed by atoms with Gasteiger partial charge in [0.05, 0.1) is 29.4 Å². The van der Waals surface area contributed by atoms with E-state index in [0.717, 1.165) is 23.9 Å². The first-order chi connectivity index (χ1) is 11.3. The van der Waals surface area contributed by atoms with Gasteiger partial charge >= 0.3 is 0 Å². The SMILES string of the molecule is N#CC1C(=O)N=c2cnccc2=C1N1CC[C@@H](n2cncn2)C1. The van der Waals surface area contributed by atoms with E-state index < -0.39 is 11.8 Å². The minimum absolute atomic E-state index is 0.184. The van der Waals surface area contributed by atoms with Crippen LogP contribution in [0.15, 0.2) is 36.1 Å². The van der Waals surface area contributed by atoms with Gasteiger partial charge in [-0.25, -0.2) is 14.7 Å². The molecule has 0 saturated carbocycles. The van der Waals surface area contributed by atoms with Gasteiger partial charge in [-0.3, -0.25) is 9.78 Å². The Hall–Kier alpha value is -3.08. The van der Waals surface area contributed by atoms with E-state index in [4.69, 9.17) is 0 Å². The summed E-state index contributed by atoms with van der Waals surface area (Å²) < 4.78 is 1.82. The average Bonchev–Trinajstić information content (AvgIpc) is 3.24. The van der Waals surface area contributed by atoms with Crippen molar-refractivity contribution in [3.63, 3.8) is 0 Å². The first-order valence-electron chi connectivity index (χ1n) is 7.33. The monoisotopic (exact) mass is 307 g/mol. The van der Waals surface area contributed by atoms with Gasteiger partial charge in [-0.15, -0.1) is 0 Å². The molecule has 4 heterocycles. The van der Waals surface area contributed by atoms with Crippen LogP contribution in [0.2, 0.25) is 0 Å². The summed E-state index contributed by atoms with van der Waals surface area (Å²) in [7, 11) is 0. The standard InChI is InChI=1S/C15H13N7O/c16-5-12-14(11-1-3-17-6-13(11)20-15(12)23)21-4-2-10(7-21)22-9-18-8-19-22/h1,3,6,8-10,12H,2,4,7H2/t10-,12?/m1/s1. The molecule has 114 valence electrons. The summed E-state index contributed by atoms with van der Waals surface area (Å²) in [6, 6.07) is 4.09. The van der Waals surface area contributed by atoms with Gasteiger partial charge in [-0.1, -0.05) is 0 Å². The lowest BCUT2D eigenvalue weighted by Gasteiger charge is -2.26. The van der Waals surface area contributed by atoms with Crippen LogP contribution in [0.4, 0.5) is 0 Å². The van der Waals surface area contributed by atoms with E-state index in [1.165, 1.54) is 6.33 Å². The fraction of sp³-hybridized carbons (Fsp3) is 0.333. The Bertz CT molecular complexity index is 912. The number of likely N-dealkylation sites (tertiary alicyclic amines) is 1. The molecule has 1 amide bonds. The van der Waals surface area contributed by atoms with E-state index in [1.54, 1.807) is 18.7 Å². The predicted octanol–water partition coefficient (Wildman–Crippen LogP) is -0.972. The van der Waals surface area contributed by atoms with Crippen molar-refractivity contribution in [1.29, 1.82) is 5.26 Å². The number of hydrogen-bond acceptors (Lipinski definition) is 6. The van der Waals surface area contributed by atoms with Crippen LogP contribution in [0.25, 0.3) is 5.70 Å². The number of amides is 1. The van der Waals surface area contributed by atoms with Crippen LogP contribution in [0.1, 0.15) is 12.5 Å². The molecule has 0 radical (unpaired) electrons. The molecule has 2 aliphatic heterocycles.